The number of hydrogen-bond acceptors (Lipinski definition) is 4. The lowest BCUT2D eigenvalue weighted by molar-refractivity contribution is 0.223. The molecule has 1 heterocycles. The second-order valence-electron chi connectivity index (χ2n) is 5.01. The molecule has 1 saturated heterocycles. The van der Waals surface area contributed by atoms with E-state index in [-0.39, 0.29) is 11.9 Å². The molecule has 0 amide bonds. The lowest BCUT2D eigenvalue weighted by atomic mass is 10.4. The number of sulfone groups is 1. The van der Waals surface area contributed by atoms with E-state index in [1.807, 2.05) is 6.07 Å². The Bertz CT molecular complexity index is 481. The Morgan fingerprint density at radius 1 is 1.21 bits per heavy atom. The van der Waals surface area contributed by atoms with Gasteiger partial charge in [-0.2, -0.15) is 0 Å². The minimum atomic E-state index is -3.16. The van der Waals surface area contributed by atoms with Gasteiger partial charge in [-0.05, 0) is 45.0 Å². The van der Waals surface area contributed by atoms with Crippen molar-refractivity contribution in [2.45, 2.75) is 30.8 Å². The van der Waals surface area contributed by atoms with E-state index in [4.69, 9.17) is 0 Å². The third kappa shape index (κ3) is 4.03. The highest BCUT2D eigenvalue weighted by atomic mass is 32.2. The Kier molecular flexibility index (Phi) is 4.96. The maximum Gasteiger partial charge on any atom is 0.179 e. The van der Waals surface area contributed by atoms with E-state index in [1.54, 1.807) is 24.3 Å². The Hall–Kier alpha value is -0.910. The lowest BCUT2D eigenvalue weighted by Crippen LogP contribution is -2.43. The van der Waals surface area contributed by atoms with Crippen LogP contribution in [0.25, 0.3) is 0 Å². The van der Waals surface area contributed by atoms with Crippen molar-refractivity contribution in [2.24, 2.45) is 0 Å². The standard InChI is InChI=1S/C14H22N2O2S/c1-13(16-10-5-6-11-16)15-9-12-19(17,18)14-7-3-2-4-8-14/h2-4,7-8,13,15H,5-6,9-12H2,1H3. The van der Waals surface area contributed by atoms with Gasteiger partial charge < -0.3 is 5.32 Å². The van der Waals surface area contributed by atoms with Gasteiger partial charge in [0.05, 0.1) is 16.8 Å². The molecule has 1 unspecified atom stereocenters. The number of likely N-dealkylation sites (tertiary alicyclic amines) is 1. The zero-order valence-electron chi connectivity index (χ0n) is 11.4. The van der Waals surface area contributed by atoms with Crippen LogP contribution in [-0.4, -0.2) is 44.9 Å². The van der Waals surface area contributed by atoms with Crippen molar-refractivity contribution in [3.05, 3.63) is 30.3 Å². The molecule has 1 fully saturated rings. The van der Waals surface area contributed by atoms with Gasteiger partial charge in [0, 0.05) is 6.54 Å². The maximum atomic E-state index is 12.1. The van der Waals surface area contributed by atoms with Gasteiger partial charge in [0.2, 0.25) is 0 Å². The Morgan fingerprint density at radius 3 is 2.47 bits per heavy atom. The van der Waals surface area contributed by atoms with Crippen LogP contribution in [0.2, 0.25) is 0 Å². The van der Waals surface area contributed by atoms with Crippen LogP contribution in [0.3, 0.4) is 0 Å². The summed E-state index contributed by atoms with van der Waals surface area (Å²) < 4.78 is 24.2. The molecule has 1 atom stereocenters. The molecule has 1 aromatic rings. The number of benzene rings is 1. The van der Waals surface area contributed by atoms with Gasteiger partial charge in [0.1, 0.15) is 0 Å². The van der Waals surface area contributed by atoms with Crippen LogP contribution in [0.15, 0.2) is 35.2 Å². The predicted molar refractivity (Wildman–Crippen MR) is 76.8 cm³/mol. The van der Waals surface area contributed by atoms with Crippen molar-refractivity contribution in [3.63, 3.8) is 0 Å². The third-order valence-electron chi connectivity index (χ3n) is 3.60. The molecule has 0 spiro atoms. The van der Waals surface area contributed by atoms with Gasteiger partial charge in [-0.15, -0.1) is 0 Å². The van der Waals surface area contributed by atoms with E-state index in [1.165, 1.54) is 12.8 Å². The zero-order valence-corrected chi connectivity index (χ0v) is 12.2. The van der Waals surface area contributed by atoms with Crippen LogP contribution in [-0.2, 0) is 9.84 Å². The second-order valence-corrected chi connectivity index (χ2v) is 7.11. The minimum Gasteiger partial charge on any atom is -0.301 e. The fourth-order valence-corrected chi connectivity index (χ4v) is 3.60. The van der Waals surface area contributed by atoms with Crippen molar-refractivity contribution < 1.29 is 8.42 Å². The summed E-state index contributed by atoms with van der Waals surface area (Å²) in [6.07, 6.45) is 2.75. The molecule has 0 aliphatic carbocycles. The molecule has 1 N–H and O–H groups in total. The molecule has 2 rings (SSSR count). The van der Waals surface area contributed by atoms with E-state index in [2.05, 4.69) is 17.1 Å². The molecule has 1 aliphatic rings. The first-order valence-electron chi connectivity index (χ1n) is 6.85. The van der Waals surface area contributed by atoms with Gasteiger partial charge in [0.25, 0.3) is 0 Å². The van der Waals surface area contributed by atoms with Crippen LogP contribution < -0.4 is 5.32 Å². The number of rotatable bonds is 6. The van der Waals surface area contributed by atoms with Crippen LogP contribution in [0.1, 0.15) is 19.8 Å². The SMILES string of the molecule is CC(NCCS(=O)(=O)c1ccccc1)N1CCCC1. The highest BCUT2D eigenvalue weighted by Gasteiger charge is 2.19. The molecular formula is C14H22N2O2S. The van der Waals surface area contributed by atoms with Gasteiger partial charge in [-0.3, -0.25) is 4.90 Å². The third-order valence-corrected chi connectivity index (χ3v) is 5.33. The monoisotopic (exact) mass is 282 g/mol. The quantitative estimate of drug-likeness (QED) is 0.859. The molecule has 5 heteroatoms. The first-order chi connectivity index (χ1) is 9.09. The Labute approximate surface area is 115 Å². The maximum absolute atomic E-state index is 12.1. The molecule has 1 aromatic carbocycles. The van der Waals surface area contributed by atoms with Crippen molar-refractivity contribution in [1.82, 2.24) is 10.2 Å². The number of nitrogens with one attached hydrogen (secondary N) is 1. The Balaban J connectivity index is 1.82. The van der Waals surface area contributed by atoms with E-state index >= 15 is 0 Å². The highest BCUT2D eigenvalue weighted by molar-refractivity contribution is 7.91. The summed E-state index contributed by atoms with van der Waals surface area (Å²) in [5.74, 6) is 0.148. The molecule has 19 heavy (non-hydrogen) atoms. The van der Waals surface area contributed by atoms with Crippen molar-refractivity contribution in [3.8, 4) is 0 Å². The molecule has 0 radical (unpaired) electrons. The van der Waals surface area contributed by atoms with Crippen molar-refractivity contribution in [2.75, 3.05) is 25.4 Å². The molecule has 4 nitrogen and oxygen atoms in total. The molecule has 0 saturated carbocycles. The Morgan fingerprint density at radius 2 is 1.84 bits per heavy atom. The lowest BCUT2D eigenvalue weighted by Gasteiger charge is -2.24. The van der Waals surface area contributed by atoms with E-state index < -0.39 is 9.84 Å². The fraction of sp³-hybridized carbons (Fsp3) is 0.571. The first kappa shape index (κ1) is 14.5. The van der Waals surface area contributed by atoms with Crippen LogP contribution in [0, 0.1) is 0 Å². The van der Waals surface area contributed by atoms with Crippen molar-refractivity contribution in [1.29, 1.82) is 0 Å². The molecule has 106 valence electrons. The topological polar surface area (TPSA) is 49.4 Å². The minimum absolute atomic E-state index is 0.148. The second kappa shape index (κ2) is 6.50. The van der Waals surface area contributed by atoms with E-state index in [0.717, 1.165) is 13.1 Å². The van der Waals surface area contributed by atoms with Crippen LogP contribution in [0.5, 0.6) is 0 Å². The molecular weight excluding hydrogens is 260 g/mol. The average molecular weight is 282 g/mol. The number of nitrogens with zero attached hydrogens (tertiary/aromatic N) is 1. The highest BCUT2D eigenvalue weighted by Crippen LogP contribution is 2.11. The summed E-state index contributed by atoms with van der Waals surface area (Å²) in [6.45, 7) is 4.81. The average Bonchev–Trinajstić information content (AvgIpc) is 2.93. The van der Waals surface area contributed by atoms with Gasteiger partial charge >= 0.3 is 0 Å². The van der Waals surface area contributed by atoms with Crippen LogP contribution >= 0.6 is 0 Å². The van der Waals surface area contributed by atoms with Gasteiger partial charge in [-0.1, -0.05) is 18.2 Å². The normalized spacial score (nSPS) is 18.6. The summed E-state index contributed by atoms with van der Waals surface area (Å²) in [5.41, 5.74) is 0. The summed E-state index contributed by atoms with van der Waals surface area (Å²) in [4.78, 5) is 2.76. The van der Waals surface area contributed by atoms with Crippen molar-refractivity contribution >= 4 is 9.84 Å². The molecule has 0 bridgehead atoms. The summed E-state index contributed by atoms with van der Waals surface area (Å²) in [5, 5.41) is 3.30. The largest absolute Gasteiger partial charge is 0.301 e. The zero-order chi connectivity index (χ0) is 13.7. The molecule has 0 aromatic heterocycles. The fourth-order valence-electron chi connectivity index (χ4n) is 2.41. The summed E-state index contributed by atoms with van der Waals surface area (Å²) >= 11 is 0. The smallest absolute Gasteiger partial charge is 0.179 e. The molecule has 1 aliphatic heterocycles. The summed E-state index contributed by atoms with van der Waals surface area (Å²) in [6, 6.07) is 8.64. The summed E-state index contributed by atoms with van der Waals surface area (Å²) in [7, 11) is -3.16. The van der Waals surface area contributed by atoms with Crippen LogP contribution in [0.4, 0.5) is 0 Å². The van der Waals surface area contributed by atoms with Gasteiger partial charge in [0.15, 0.2) is 9.84 Å². The van der Waals surface area contributed by atoms with E-state index in [9.17, 15) is 8.42 Å². The first-order valence-corrected chi connectivity index (χ1v) is 8.50. The van der Waals surface area contributed by atoms with Gasteiger partial charge in [-0.25, -0.2) is 8.42 Å². The predicted octanol–water partition coefficient (Wildman–Crippen LogP) is 1.49. The van der Waals surface area contributed by atoms with E-state index in [0.29, 0.717) is 11.4 Å². The number of hydrogen-bond donors (Lipinski definition) is 1.